The number of hydrogen-bond donors (Lipinski definition) is 2. The predicted molar refractivity (Wildman–Crippen MR) is 156 cm³/mol. The van der Waals surface area contributed by atoms with Crippen molar-refractivity contribution in [2.24, 2.45) is 11.8 Å². The van der Waals surface area contributed by atoms with Gasteiger partial charge in [-0.05, 0) is 101 Å². The van der Waals surface area contributed by atoms with Gasteiger partial charge in [0.15, 0.2) is 12.6 Å². The van der Waals surface area contributed by atoms with Crippen LogP contribution in [0.1, 0.15) is 89.0 Å². The molecule has 0 spiro atoms. The molecule has 1 aliphatic carbocycles. The third-order valence-electron chi connectivity index (χ3n) is 8.70. The van der Waals surface area contributed by atoms with E-state index in [4.69, 9.17) is 28.8 Å². The minimum atomic E-state index is -4.47. The second-order valence-electron chi connectivity index (χ2n) is 12.1. The second kappa shape index (κ2) is 17.5. The lowest BCUT2D eigenvalue weighted by atomic mass is 9.86. The van der Waals surface area contributed by atoms with Gasteiger partial charge < -0.3 is 33.9 Å². The number of unbranched alkanes of at least 4 members (excludes halogenated alkanes) is 1. The molecule has 11 heteroatoms. The molecular formula is C33H47F3O8. The van der Waals surface area contributed by atoms with Gasteiger partial charge in [-0.25, -0.2) is 0 Å². The van der Waals surface area contributed by atoms with Gasteiger partial charge in [0.25, 0.3) is 0 Å². The molecule has 1 aromatic carbocycles. The normalized spacial score (nSPS) is 28.7. The molecule has 2 unspecified atom stereocenters. The van der Waals surface area contributed by atoms with Gasteiger partial charge in [0.2, 0.25) is 0 Å². The van der Waals surface area contributed by atoms with Crippen LogP contribution < -0.4 is 4.74 Å². The summed E-state index contributed by atoms with van der Waals surface area (Å²) in [6.45, 7) is 1.30. The largest absolute Gasteiger partial charge is 0.491 e. The summed E-state index contributed by atoms with van der Waals surface area (Å²) in [5.74, 6) is -0.778. The van der Waals surface area contributed by atoms with Gasteiger partial charge in [0.05, 0.1) is 23.9 Å². The summed E-state index contributed by atoms with van der Waals surface area (Å²) in [6, 6.07) is 4.84. The Morgan fingerprint density at radius 1 is 1.05 bits per heavy atom. The molecule has 0 bridgehead atoms. The number of carboxylic acid groups (broad SMARTS) is 1. The molecule has 0 amide bonds. The van der Waals surface area contributed by atoms with Crippen LogP contribution in [0.25, 0.3) is 0 Å². The number of carbonyl (C=O) groups is 1. The molecule has 3 fully saturated rings. The first-order valence-electron chi connectivity index (χ1n) is 16.1. The number of benzene rings is 1. The van der Waals surface area contributed by atoms with Crippen molar-refractivity contribution in [3.8, 4) is 5.75 Å². The third kappa shape index (κ3) is 11.3. The minimum absolute atomic E-state index is 0.00822. The highest BCUT2D eigenvalue weighted by Crippen LogP contribution is 2.41. The highest BCUT2D eigenvalue weighted by atomic mass is 19.4. The first-order chi connectivity index (χ1) is 21.2. The van der Waals surface area contributed by atoms with Gasteiger partial charge in [0, 0.05) is 26.1 Å². The Morgan fingerprint density at radius 3 is 2.48 bits per heavy atom. The Balaban J connectivity index is 1.43. The molecule has 1 aromatic rings. The summed E-state index contributed by atoms with van der Waals surface area (Å²) < 4.78 is 70.0. The summed E-state index contributed by atoms with van der Waals surface area (Å²) in [5, 5.41) is 20.0. The second-order valence-corrected chi connectivity index (χ2v) is 12.1. The van der Waals surface area contributed by atoms with Crippen molar-refractivity contribution in [2.75, 3.05) is 19.8 Å². The van der Waals surface area contributed by atoms with Crippen molar-refractivity contribution in [2.45, 2.75) is 121 Å². The van der Waals surface area contributed by atoms with E-state index in [1.54, 1.807) is 0 Å². The Morgan fingerprint density at radius 2 is 1.80 bits per heavy atom. The van der Waals surface area contributed by atoms with Gasteiger partial charge >= 0.3 is 12.1 Å². The molecule has 2 aliphatic heterocycles. The van der Waals surface area contributed by atoms with E-state index in [-0.39, 0.29) is 43.0 Å². The minimum Gasteiger partial charge on any atom is -0.491 e. The fraction of sp³-hybridized carbons (Fsp3) is 0.727. The van der Waals surface area contributed by atoms with Crippen LogP contribution in [0.3, 0.4) is 0 Å². The molecule has 8 nitrogen and oxygen atoms in total. The fourth-order valence-corrected chi connectivity index (χ4v) is 6.35. The molecule has 44 heavy (non-hydrogen) atoms. The first-order valence-corrected chi connectivity index (χ1v) is 16.1. The first kappa shape index (κ1) is 34.7. The van der Waals surface area contributed by atoms with Crippen molar-refractivity contribution in [1.82, 2.24) is 0 Å². The zero-order chi connectivity index (χ0) is 31.4. The van der Waals surface area contributed by atoms with Crippen LogP contribution >= 0.6 is 0 Å². The van der Waals surface area contributed by atoms with Gasteiger partial charge in [0.1, 0.15) is 12.4 Å². The smallest absolute Gasteiger partial charge is 0.416 e. The maximum atomic E-state index is 13.3. The molecule has 2 saturated heterocycles. The maximum Gasteiger partial charge on any atom is 0.416 e. The van der Waals surface area contributed by atoms with Crippen LogP contribution in [-0.4, -0.2) is 66.9 Å². The molecular weight excluding hydrogens is 581 g/mol. The maximum absolute atomic E-state index is 13.3. The molecule has 248 valence electrons. The summed E-state index contributed by atoms with van der Waals surface area (Å²) >= 11 is 0. The summed E-state index contributed by atoms with van der Waals surface area (Å²) in [7, 11) is 0. The van der Waals surface area contributed by atoms with E-state index in [1.807, 2.05) is 12.2 Å². The molecule has 1 saturated carbocycles. The predicted octanol–water partition coefficient (Wildman–Crippen LogP) is 6.89. The number of allylic oxidation sites excluding steroid dienone is 2. The Kier molecular flexibility index (Phi) is 13.8. The number of hydrogen-bond acceptors (Lipinski definition) is 7. The number of halogens is 3. The van der Waals surface area contributed by atoms with Crippen LogP contribution in [0, 0.1) is 11.8 Å². The van der Waals surface area contributed by atoms with Crippen LogP contribution in [0.2, 0.25) is 0 Å². The number of aliphatic carboxylic acids is 1. The van der Waals surface area contributed by atoms with E-state index in [0.717, 1.165) is 50.7 Å². The van der Waals surface area contributed by atoms with Gasteiger partial charge in [-0.3, -0.25) is 4.79 Å². The van der Waals surface area contributed by atoms with Crippen LogP contribution in [-0.2, 0) is 29.9 Å². The Bertz CT molecular complexity index is 1020. The van der Waals surface area contributed by atoms with Crippen molar-refractivity contribution < 1.29 is 51.9 Å². The van der Waals surface area contributed by atoms with E-state index < -0.39 is 36.2 Å². The standard InChI is InChI=1S/C33H47F3O8/c34-33(35,36)23-10-9-11-24(20-23)42-22-25(43-31-14-5-7-18-40-31)16-17-27-26(12-3-1-2-4-13-30(38)39)28(37)21-29(27)44-32-15-6-8-19-41-32/h1,3,9-11,20,25-29,31-32,37H,2,4-8,12-19,21-22H2,(H,38,39)/b3-1-/t25-,26-,27-,28+,29-,31?,32?/m1/s1. The van der Waals surface area contributed by atoms with Gasteiger partial charge in [-0.1, -0.05) is 18.2 Å². The highest BCUT2D eigenvalue weighted by molar-refractivity contribution is 5.66. The Labute approximate surface area is 257 Å². The van der Waals surface area contributed by atoms with Crippen molar-refractivity contribution >= 4 is 5.97 Å². The monoisotopic (exact) mass is 628 g/mol. The quantitative estimate of drug-likeness (QED) is 0.151. The van der Waals surface area contributed by atoms with Crippen LogP contribution in [0.15, 0.2) is 36.4 Å². The molecule has 2 N–H and O–H groups in total. The molecule has 3 aliphatic rings. The van der Waals surface area contributed by atoms with E-state index in [2.05, 4.69) is 0 Å². The van der Waals surface area contributed by atoms with Gasteiger partial charge in [-0.15, -0.1) is 0 Å². The lowest BCUT2D eigenvalue weighted by Crippen LogP contribution is -2.34. The number of alkyl halides is 3. The molecule has 7 atom stereocenters. The zero-order valence-corrected chi connectivity index (χ0v) is 25.3. The summed E-state index contributed by atoms with van der Waals surface area (Å²) in [5.41, 5.74) is -0.771. The third-order valence-corrected chi connectivity index (χ3v) is 8.70. The number of aliphatic hydroxyl groups is 1. The Hall–Kier alpha value is -2.18. The summed E-state index contributed by atoms with van der Waals surface area (Å²) in [6.07, 6.45) is 6.72. The van der Waals surface area contributed by atoms with Crippen molar-refractivity contribution in [3.05, 3.63) is 42.0 Å². The highest BCUT2D eigenvalue weighted by Gasteiger charge is 2.44. The van der Waals surface area contributed by atoms with E-state index in [0.29, 0.717) is 51.7 Å². The molecule has 0 aromatic heterocycles. The number of ether oxygens (including phenoxy) is 5. The van der Waals surface area contributed by atoms with Crippen molar-refractivity contribution in [3.63, 3.8) is 0 Å². The van der Waals surface area contributed by atoms with E-state index >= 15 is 0 Å². The molecule has 2 heterocycles. The number of aliphatic hydroxyl groups excluding tert-OH is 1. The van der Waals surface area contributed by atoms with Crippen LogP contribution in [0.5, 0.6) is 5.75 Å². The number of rotatable bonds is 16. The summed E-state index contributed by atoms with van der Waals surface area (Å²) in [4.78, 5) is 10.8. The topological polar surface area (TPSA) is 104 Å². The SMILES string of the molecule is O=C(O)CCC/C=C\C[C@@H]1[C@@H](CC[C@H](COc2cccc(C(F)(F)F)c2)OC2CCCCO2)[C@H](OC2CCCCO2)C[C@@H]1O. The average molecular weight is 629 g/mol. The van der Waals surface area contributed by atoms with E-state index in [9.17, 15) is 23.1 Å². The van der Waals surface area contributed by atoms with Crippen LogP contribution in [0.4, 0.5) is 13.2 Å². The average Bonchev–Trinajstić information content (AvgIpc) is 3.29. The fourth-order valence-electron chi connectivity index (χ4n) is 6.35. The zero-order valence-electron chi connectivity index (χ0n) is 25.3. The number of carboxylic acids is 1. The molecule has 4 rings (SSSR count). The van der Waals surface area contributed by atoms with E-state index in [1.165, 1.54) is 12.1 Å². The molecule has 0 radical (unpaired) electrons. The van der Waals surface area contributed by atoms with Gasteiger partial charge in [-0.2, -0.15) is 13.2 Å². The lowest BCUT2D eigenvalue weighted by molar-refractivity contribution is -0.202. The van der Waals surface area contributed by atoms with Crippen molar-refractivity contribution in [1.29, 1.82) is 0 Å². The lowest BCUT2D eigenvalue weighted by Gasteiger charge is -2.32.